The Kier molecular flexibility index (Phi) is 5.68. The molecule has 0 unspecified atom stereocenters. The van der Waals surface area contributed by atoms with E-state index in [1.807, 2.05) is 0 Å². The molecule has 0 saturated carbocycles. The minimum absolute atomic E-state index is 1.03. The molecule has 0 aliphatic carbocycles. The average molecular weight is 244 g/mol. The van der Waals surface area contributed by atoms with Crippen molar-refractivity contribution in [3.05, 3.63) is 30.3 Å². The van der Waals surface area contributed by atoms with E-state index in [1.165, 1.54) is 5.30 Å². The predicted octanol–water partition coefficient (Wildman–Crippen LogP) is 1.11. The van der Waals surface area contributed by atoms with Gasteiger partial charge in [-0.2, -0.15) is 0 Å². The molecular weight excluding hydrogens is 227 g/mol. The summed E-state index contributed by atoms with van der Waals surface area (Å²) < 4.78 is 0. The summed E-state index contributed by atoms with van der Waals surface area (Å²) >= 11 is 0. The fraction of sp³-hybridized carbons (Fsp3) is 0.273. The molecule has 0 bridgehead atoms. The Morgan fingerprint density at radius 2 is 1.31 bits per heavy atom. The monoisotopic (exact) mass is 244 g/mol. The molecule has 16 heavy (non-hydrogen) atoms. The van der Waals surface area contributed by atoms with Gasteiger partial charge in [-0.3, -0.25) is 0 Å². The van der Waals surface area contributed by atoms with Crippen molar-refractivity contribution >= 4 is 24.5 Å². The smallest absolute Gasteiger partial charge is 0.414 e. The van der Waals surface area contributed by atoms with E-state index in [1.54, 1.807) is 0 Å². The molecular formula is C11H17O4P. The normalized spacial score (nSPS) is 10.9. The Morgan fingerprint density at radius 3 is 1.50 bits per heavy atom. The Bertz CT molecular complexity index is 342. The summed E-state index contributed by atoms with van der Waals surface area (Å²) in [6, 6.07) is 10.8. The number of carbonyl (C=O) groups is 2. The first kappa shape index (κ1) is 14.6. The Labute approximate surface area is 95.3 Å². The molecule has 0 spiro atoms. The maximum Gasteiger partial charge on any atom is 0.414 e. The summed E-state index contributed by atoms with van der Waals surface area (Å²) in [6.45, 7) is 7.09. The third-order valence-corrected chi connectivity index (χ3v) is 3.89. The van der Waals surface area contributed by atoms with Crippen molar-refractivity contribution in [2.45, 2.75) is 0 Å². The van der Waals surface area contributed by atoms with Gasteiger partial charge in [0.05, 0.1) is 0 Å². The van der Waals surface area contributed by atoms with Gasteiger partial charge in [0, 0.05) is 0 Å². The molecule has 0 fully saturated rings. The van der Waals surface area contributed by atoms with Crippen LogP contribution in [0.3, 0.4) is 0 Å². The van der Waals surface area contributed by atoms with Gasteiger partial charge in [0.15, 0.2) is 0 Å². The molecule has 0 atom stereocenters. The first-order valence-corrected chi connectivity index (χ1v) is 8.27. The van der Waals surface area contributed by atoms with E-state index in [9.17, 15) is 0 Å². The molecule has 0 heterocycles. The van der Waals surface area contributed by atoms with E-state index >= 15 is 0 Å². The Hall–Kier alpha value is -1.41. The molecule has 0 amide bonds. The van der Waals surface area contributed by atoms with Crippen LogP contribution in [0.5, 0.6) is 0 Å². The minimum Gasteiger partial charge on any atom is -0.473 e. The molecule has 0 aliphatic rings. The zero-order chi connectivity index (χ0) is 12.8. The van der Waals surface area contributed by atoms with Crippen LogP contribution in [-0.2, 0) is 9.59 Å². The summed E-state index contributed by atoms with van der Waals surface area (Å²) in [7, 11) is -1.03. The fourth-order valence-corrected chi connectivity index (χ4v) is 2.13. The van der Waals surface area contributed by atoms with Gasteiger partial charge in [-0.15, -0.1) is 0 Å². The van der Waals surface area contributed by atoms with Crippen LogP contribution in [0.25, 0.3) is 0 Å². The number of carboxylic acid groups (broad SMARTS) is 2. The second-order valence-corrected chi connectivity index (χ2v) is 9.30. The van der Waals surface area contributed by atoms with Crippen molar-refractivity contribution in [1.29, 1.82) is 0 Å². The summed E-state index contributed by atoms with van der Waals surface area (Å²) in [4.78, 5) is 18.2. The molecule has 0 radical (unpaired) electrons. The van der Waals surface area contributed by atoms with Crippen LogP contribution < -0.4 is 5.30 Å². The Morgan fingerprint density at radius 1 is 0.938 bits per heavy atom. The third-order valence-electron chi connectivity index (χ3n) is 1.82. The second-order valence-electron chi connectivity index (χ2n) is 4.23. The number of benzene rings is 1. The maximum atomic E-state index is 9.10. The zero-order valence-corrected chi connectivity index (χ0v) is 10.6. The summed E-state index contributed by atoms with van der Waals surface area (Å²) in [5.41, 5.74) is 0. The van der Waals surface area contributed by atoms with Gasteiger partial charge in [0.1, 0.15) is 0 Å². The van der Waals surface area contributed by atoms with Crippen LogP contribution in [0.2, 0.25) is 0 Å². The van der Waals surface area contributed by atoms with Gasteiger partial charge in [-0.1, -0.05) is 0 Å². The van der Waals surface area contributed by atoms with Crippen molar-refractivity contribution in [1.82, 2.24) is 0 Å². The maximum absolute atomic E-state index is 9.10. The summed E-state index contributed by atoms with van der Waals surface area (Å²) in [5.74, 6) is -3.65. The second kappa shape index (κ2) is 6.23. The number of rotatable bonds is 1. The number of hydrogen-bond donors (Lipinski definition) is 2. The van der Waals surface area contributed by atoms with Gasteiger partial charge in [-0.25, -0.2) is 9.59 Å². The van der Waals surface area contributed by atoms with Crippen LogP contribution in [-0.4, -0.2) is 42.1 Å². The molecule has 0 aliphatic heterocycles. The standard InChI is InChI=1S/C9H15P.C2H2O4/c1-10(2,3)9-7-5-4-6-8-9;3-1(4)2(5)6/h4-8,10H,1-3H3;(H,3,4)(H,5,6). The van der Waals surface area contributed by atoms with Crippen molar-refractivity contribution in [3.63, 3.8) is 0 Å². The SMILES string of the molecule is C[PH](C)(C)c1ccccc1.O=C(O)C(=O)O. The molecule has 4 nitrogen and oxygen atoms in total. The topological polar surface area (TPSA) is 74.6 Å². The van der Waals surface area contributed by atoms with Gasteiger partial charge >= 0.3 is 74.8 Å². The van der Waals surface area contributed by atoms with E-state index in [-0.39, 0.29) is 0 Å². The largest absolute Gasteiger partial charge is 0.473 e. The van der Waals surface area contributed by atoms with Crippen LogP contribution in [0.4, 0.5) is 0 Å². The molecule has 1 aromatic carbocycles. The van der Waals surface area contributed by atoms with Crippen molar-refractivity contribution in [2.24, 2.45) is 0 Å². The van der Waals surface area contributed by atoms with E-state index in [2.05, 4.69) is 50.3 Å². The van der Waals surface area contributed by atoms with E-state index < -0.39 is 19.2 Å². The first-order valence-electron chi connectivity index (χ1n) is 4.77. The van der Waals surface area contributed by atoms with Crippen LogP contribution in [0.1, 0.15) is 0 Å². The van der Waals surface area contributed by atoms with Crippen LogP contribution in [0, 0.1) is 0 Å². The van der Waals surface area contributed by atoms with Crippen molar-refractivity contribution in [3.8, 4) is 0 Å². The minimum atomic E-state index is -1.82. The van der Waals surface area contributed by atoms with Crippen LogP contribution in [0.15, 0.2) is 30.3 Å². The number of carboxylic acids is 2. The zero-order valence-electron chi connectivity index (χ0n) is 9.60. The molecule has 0 aromatic heterocycles. The fourth-order valence-electron chi connectivity index (χ4n) is 0.938. The molecule has 2 N–H and O–H groups in total. The summed E-state index contributed by atoms with van der Waals surface area (Å²) in [5, 5.41) is 16.3. The molecule has 0 saturated heterocycles. The third kappa shape index (κ3) is 6.14. The quantitative estimate of drug-likeness (QED) is 0.573. The molecule has 1 rings (SSSR count). The predicted molar refractivity (Wildman–Crippen MR) is 67.4 cm³/mol. The molecule has 5 heteroatoms. The number of hydrogen-bond acceptors (Lipinski definition) is 2. The summed E-state index contributed by atoms with van der Waals surface area (Å²) in [6.07, 6.45) is 0. The molecule has 90 valence electrons. The van der Waals surface area contributed by atoms with Gasteiger partial charge in [0.2, 0.25) is 0 Å². The first-order chi connectivity index (χ1) is 7.25. The van der Waals surface area contributed by atoms with E-state index in [0.29, 0.717) is 0 Å². The average Bonchev–Trinajstić information content (AvgIpc) is 2.18. The van der Waals surface area contributed by atoms with Crippen molar-refractivity contribution in [2.75, 3.05) is 20.0 Å². The van der Waals surface area contributed by atoms with Crippen LogP contribution >= 0.6 is 7.26 Å². The Balaban J connectivity index is 0.000000325. The number of aliphatic carboxylic acids is 2. The van der Waals surface area contributed by atoms with E-state index in [0.717, 1.165) is 0 Å². The van der Waals surface area contributed by atoms with E-state index in [4.69, 9.17) is 19.8 Å². The van der Waals surface area contributed by atoms with Gasteiger partial charge in [0.25, 0.3) is 0 Å². The molecule has 1 aromatic rings. The van der Waals surface area contributed by atoms with Gasteiger partial charge < -0.3 is 10.2 Å². The van der Waals surface area contributed by atoms with Gasteiger partial charge in [-0.05, 0) is 0 Å². The van der Waals surface area contributed by atoms with Crippen molar-refractivity contribution < 1.29 is 19.8 Å².